The van der Waals surface area contributed by atoms with E-state index in [1.165, 1.54) is 44.1 Å². The lowest BCUT2D eigenvalue weighted by Gasteiger charge is -2.28. The van der Waals surface area contributed by atoms with E-state index in [2.05, 4.69) is 6.92 Å². The Kier molecular flexibility index (Phi) is 5.27. The van der Waals surface area contributed by atoms with Crippen molar-refractivity contribution in [1.82, 2.24) is 0 Å². The molecule has 0 heterocycles. The van der Waals surface area contributed by atoms with Crippen LogP contribution < -0.4 is 0 Å². The van der Waals surface area contributed by atoms with Crippen LogP contribution >= 0.6 is 0 Å². The molecular formula is C21H23F3. The van der Waals surface area contributed by atoms with Crippen molar-refractivity contribution < 1.29 is 13.2 Å². The summed E-state index contributed by atoms with van der Waals surface area (Å²) in [7, 11) is 0. The Hall–Kier alpha value is -1.77. The van der Waals surface area contributed by atoms with Gasteiger partial charge in [0.2, 0.25) is 0 Å². The van der Waals surface area contributed by atoms with E-state index in [4.69, 9.17) is 0 Å². The maximum atomic E-state index is 13.9. The molecule has 0 bridgehead atoms. The quantitative estimate of drug-likeness (QED) is 0.537. The highest BCUT2D eigenvalue weighted by atomic mass is 19.2. The molecule has 0 amide bonds. The normalized spacial score (nSPS) is 21.0. The molecule has 3 rings (SSSR count). The van der Waals surface area contributed by atoms with Crippen LogP contribution in [0.2, 0.25) is 0 Å². The summed E-state index contributed by atoms with van der Waals surface area (Å²) in [5.74, 6) is -1.49. The molecule has 2 aromatic carbocycles. The van der Waals surface area contributed by atoms with E-state index in [0.29, 0.717) is 17.5 Å². The van der Waals surface area contributed by atoms with E-state index in [9.17, 15) is 13.2 Å². The minimum absolute atomic E-state index is 0.104. The molecule has 0 atom stereocenters. The molecule has 0 nitrogen and oxygen atoms in total. The molecule has 1 fully saturated rings. The molecule has 24 heavy (non-hydrogen) atoms. The van der Waals surface area contributed by atoms with Crippen molar-refractivity contribution in [2.45, 2.75) is 51.4 Å². The first kappa shape index (κ1) is 17.1. The molecule has 0 unspecified atom stereocenters. The highest BCUT2D eigenvalue weighted by molar-refractivity contribution is 5.64. The molecule has 0 aliphatic heterocycles. The summed E-state index contributed by atoms with van der Waals surface area (Å²) in [6, 6.07) is 9.15. The largest absolute Gasteiger partial charge is 0.206 e. The fraction of sp³-hybridized carbons (Fsp3) is 0.429. The number of hydrogen-bond donors (Lipinski definition) is 0. The van der Waals surface area contributed by atoms with Crippen LogP contribution in [-0.2, 0) is 0 Å². The summed E-state index contributed by atoms with van der Waals surface area (Å²) < 4.78 is 40.3. The lowest BCUT2D eigenvalue weighted by atomic mass is 9.77. The highest BCUT2D eigenvalue weighted by Crippen LogP contribution is 2.38. The fourth-order valence-electron chi connectivity index (χ4n) is 3.87. The lowest BCUT2D eigenvalue weighted by molar-refractivity contribution is 0.308. The lowest BCUT2D eigenvalue weighted by Crippen LogP contribution is -2.13. The van der Waals surface area contributed by atoms with Gasteiger partial charge >= 0.3 is 0 Å². The van der Waals surface area contributed by atoms with Gasteiger partial charge in [-0.1, -0.05) is 44.0 Å². The minimum atomic E-state index is -1.16. The first-order valence-corrected chi connectivity index (χ1v) is 8.83. The molecule has 0 N–H and O–H groups in total. The Labute approximate surface area is 141 Å². The first-order valence-electron chi connectivity index (χ1n) is 8.83. The van der Waals surface area contributed by atoms with Crippen LogP contribution in [0.1, 0.15) is 56.9 Å². The third-order valence-corrected chi connectivity index (χ3v) is 5.25. The van der Waals surface area contributed by atoms with E-state index in [0.717, 1.165) is 12.0 Å². The van der Waals surface area contributed by atoms with Crippen LogP contribution in [0, 0.1) is 23.4 Å². The Morgan fingerprint density at radius 3 is 2.08 bits per heavy atom. The van der Waals surface area contributed by atoms with Gasteiger partial charge in [0.1, 0.15) is 5.82 Å². The van der Waals surface area contributed by atoms with Crippen molar-refractivity contribution in [3.8, 4) is 11.1 Å². The molecule has 0 aromatic heterocycles. The van der Waals surface area contributed by atoms with E-state index in [1.807, 2.05) is 24.3 Å². The van der Waals surface area contributed by atoms with E-state index in [-0.39, 0.29) is 5.56 Å². The third-order valence-electron chi connectivity index (χ3n) is 5.25. The predicted molar refractivity (Wildman–Crippen MR) is 91.4 cm³/mol. The van der Waals surface area contributed by atoms with Gasteiger partial charge in [-0.25, -0.2) is 13.2 Å². The Morgan fingerprint density at radius 1 is 0.833 bits per heavy atom. The van der Waals surface area contributed by atoms with E-state index in [1.54, 1.807) is 0 Å². The minimum Gasteiger partial charge on any atom is -0.206 e. The number of halogens is 3. The van der Waals surface area contributed by atoms with Crippen molar-refractivity contribution in [3.63, 3.8) is 0 Å². The van der Waals surface area contributed by atoms with Crippen molar-refractivity contribution in [2.24, 2.45) is 5.92 Å². The number of benzene rings is 2. The van der Waals surface area contributed by atoms with Gasteiger partial charge in [-0.15, -0.1) is 0 Å². The number of hydrogen-bond acceptors (Lipinski definition) is 0. The second-order valence-corrected chi connectivity index (χ2v) is 6.87. The zero-order valence-corrected chi connectivity index (χ0v) is 14.0. The van der Waals surface area contributed by atoms with Crippen molar-refractivity contribution in [3.05, 3.63) is 59.4 Å². The Morgan fingerprint density at radius 2 is 1.46 bits per heavy atom. The molecule has 1 aliphatic carbocycles. The number of rotatable bonds is 4. The molecule has 1 aliphatic rings. The predicted octanol–water partition coefficient (Wildman–Crippen LogP) is 6.84. The molecule has 0 saturated heterocycles. The summed E-state index contributed by atoms with van der Waals surface area (Å²) in [5.41, 5.74) is 1.94. The molecular weight excluding hydrogens is 309 g/mol. The molecule has 0 radical (unpaired) electrons. The SMILES string of the molecule is CCC[C@H]1CC[C@H](c2ccc(-c3cc(F)c(F)cc3F)cc2)CC1. The average molecular weight is 332 g/mol. The van der Waals surface area contributed by atoms with E-state index >= 15 is 0 Å². The Balaban J connectivity index is 1.74. The first-order chi connectivity index (χ1) is 11.6. The van der Waals surface area contributed by atoms with Crippen LogP contribution in [0.25, 0.3) is 11.1 Å². The van der Waals surface area contributed by atoms with Crippen LogP contribution in [-0.4, -0.2) is 0 Å². The molecule has 1 saturated carbocycles. The third kappa shape index (κ3) is 3.66. The fourth-order valence-corrected chi connectivity index (χ4v) is 3.87. The summed E-state index contributed by atoms with van der Waals surface area (Å²) in [5, 5.41) is 0. The monoisotopic (exact) mass is 332 g/mol. The van der Waals surface area contributed by atoms with Crippen LogP contribution in [0.5, 0.6) is 0 Å². The highest BCUT2D eigenvalue weighted by Gasteiger charge is 2.22. The maximum Gasteiger partial charge on any atom is 0.161 e. The van der Waals surface area contributed by atoms with Crippen LogP contribution in [0.4, 0.5) is 13.2 Å². The average Bonchev–Trinajstić information content (AvgIpc) is 2.59. The van der Waals surface area contributed by atoms with Gasteiger partial charge in [-0.05, 0) is 54.7 Å². The zero-order chi connectivity index (χ0) is 17.1. The van der Waals surface area contributed by atoms with Crippen LogP contribution in [0.15, 0.2) is 36.4 Å². The summed E-state index contributed by atoms with van der Waals surface area (Å²) in [4.78, 5) is 0. The van der Waals surface area contributed by atoms with Crippen LogP contribution in [0.3, 0.4) is 0 Å². The summed E-state index contributed by atoms with van der Waals surface area (Å²) >= 11 is 0. The smallest absolute Gasteiger partial charge is 0.161 e. The summed E-state index contributed by atoms with van der Waals surface area (Å²) in [6.07, 6.45) is 7.52. The van der Waals surface area contributed by atoms with Gasteiger partial charge in [0.05, 0.1) is 0 Å². The maximum absolute atomic E-state index is 13.9. The molecule has 2 aromatic rings. The standard InChI is InChI=1S/C21H23F3/c1-2-3-14-4-6-15(7-5-14)16-8-10-17(11-9-16)18-12-20(23)21(24)13-19(18)22/h8-15H,2-7H2,1H3/t14-,15-. The second-order valence-electron chi connectivity index (χ2n) is 6.87. The van der Waals surface area contributed by atoms with Gasteiger partial charge in [0.25, 0.3) is 0 Å². The van der Waals surface area contributed by atoms with E-state index < -0.39 is 17.5 Å². The molecule has 128 valence electrons. The molecule has 0 spiro atoms. The van der Waals surface area contributed by atoms with Gasteiger partial charge in [0.15, 0.2) is 11.6 Å². The second kappa shape index (κ2) is 7.42. The topological polar surface area (TPSA) is 0 Å². The van der Waals surface area contributed by atoms with Crippen molar-refractivity contribution in [1.29, 1.82) is 0 Å². The van der Waals surface area contributed by atoms with Gasteiger partial charge in [-0.3, -0.25) is 0 Å². The van der Waals surface area contributed by atoms with Gasteiger partial charge in [-0.2, -0.15) is 0 Å². The zero-order valence-electron chi connectivity index (χ0n) is 14.0. The summed E-state index contributed by atoms with van der Waals surface area (Å²) in [6.45, 7) is 2.24. The Bertz CT molecular complexity index is 683. The van der Waals surface area contributed by atoms with Gasteiger partial charge < -0.3 is 0 Å². The van der Waals surface area contributed by atoms with Crippen molar-refractivity contribution in [2.75, 3.05) is 0 Å². The van der Waals surface area contributed by atoms with Gasteiger partial charge in [0, 0.05) is 11.6 Å². The molecule has 3 heteroatoms. The van der Waals surface area contributed by atoms with Crippen molar-refractivity contribution >= 4 is 0 Å².